The predicted molar refractivity (Wildman–Crippen MR) is 73.8 cm³/mol. The molecule has 0 aromatic carbocycles. The average molecular weight is 231 g/mol. The molecule has 0 fully saturated rings. The van der Waals surface area contributed by atoms with E-state index in [-0.39, 0.29) is 0 Å². The van der Waals surface area contributed by atoms with Crippen LogP contribution >= 0.6 is 11.8 Å². The molecule has 0 saturated heterocycles. The van der Waals surface area contributed by atoms with E-state index in [2.05, 4.69) is 44.8 Å². The van der Waals surface area contributed by atoms with Gasteiger partial charge in [-0.1, -0.05) is 27.2 Å². The Morgan fingerprint density at radius 3 is 2.47 bits per heavy atom. The minimum absolute atomic E-state index is 0.708. The zero-order valence-electron chi connectivity index (χ0n) is 11.0. The molecule has 1 unspecified atom stereocenters. The summed E-state index contributed by atoms with van der Waals surface area (Å²) in [6.45, 7) is 10.3. The quantitative estimate of drug-likeness (QED) is 0.572. The number of hydrogen-bond acceptors (Lipinski definition) is 2. The number of nitrogens with one attached hydrogen (secondary N) is 1. The van der Waals surface area contributed by atoms with Crippen LogP contribution in [0.4, 0.5) is 0 Å². The average Bonchev–Trinajstić information content (AvgIpc) is 2.19. The lowest BCUT2D eigenvalue weighted by molar-refractivity contribution is 0.496. The summed E-state index contributed by atoms with van der Waals surface area (Å²) in [7, 11) is 0. The maximum atomic E-state index is 3.53. The third kappa shape index (κ3) is 12.2. The molecule has 1 nitrogen and oxygen atoms in total. The molecule has 0 amide bonds. The Bertz CT molecular complexity index is 126. The van der Waals surface area contributed by atoms with Gasteiger partial charge in [0.15, 0.2) is 0 Å². The summed E-state index contributed by atoms with van der Waals surface area (Å²) >= 11 is 2.11. The Labute approximate surface area is 101 Å². The molecule has 0 spiro atoms. The Morgan fingerprint density at radius 2 is 1.87 bits per heavy atom. The monoisotopic (exact) mass is 231 g/mol. The van der Waals surface area contributed by atoms with Crippen molar-refractivity contribution in [3.05, 3.63) is 0 Å². The molecule has 0 aromatic rings. The summed E-state index contributed by atoms with van der Waals surface area (Å²) in [4.78, 5) is 0. The minimum Gasteiger partial charge on any atom is -0.314 e. The van der Waals surface area contributed by atoms with Crippen molar-refractivity contribution in [1.82, 2.24) is 5.32 Å². The van der Waals surface area contributed by atoms with Crippen LogP contribution in [0.3, 0.4) is 0 Å². The van der Waals surface area contributed by atoms with Crippen LogP contribution < -0.4 is 5.32 Å². The molecule has 0 radical (unpaired) electrons. The van der Waals surface area contributed by atoms with Gasteiger partial charge in [-0.2, -0.15) is 11.8 Å². The second-order valence-corrected chi connectivity index (χ2v) is 5.97. The van der Waals surface area contributed by atoms with Crippen molar-refractivity contribution in [3.8, 4) is 0 Å². The van der Waals surface area contributed by atoms with Gasteiger partial charge in [0.25, 0.3) is 0 Å². The summed E-state index contributed by atoms with van der Waals surface area (Å²) in [5, 5.41) is 3.53. The smallest absolute Gasteiger partial charge is 0.00387 e. The van der Waals surface area contributed by atoms with Gasteiger partial charge in [0.1, 0.15) is 0 Å². The van der Waals surface area contributed by atoms with Crippen LogP contribution in [-0.2, 0) is 0 Å². The van der Waals surface area contributed by atoms with Gasteiger partial charge < -0.3 is 5.32 Å². The maximum Gasteiger partial charge on any atom is 0.00387 e. The van der Waals surface area contributed by atoms with Crippen LogP contribution in [0.25, 0.3) is 0 Å². The molecule has 1 atom stereocenters. The van der Waals surface area contributed by atoms with Gasteiger partial charge in [-0.15, -0.1) is 0 Å². The fourth-order valence-electron chi connectivity index (χ4n) is 1.47. The van der Waals surface area contributed by atoms with Crippen LogP contribution in [-0.4, -0.2) is 24.1 Å². The van der Waals surface area contributed by atoms with E-state index < -0.39 is 0 Å². The number of thioether (sulfide) groups is 1. The van der Waals surface area contributed by atoms with Crippen molar-refractivity contribution in [2.24, 2.45) is 5.92 Å². The fraction of sp³-hybridized carbons (Fsp3) is 1.00. The lowest BCUT2D eigenvalue weighted by Gasteiger charge is -2.12. The first-order chi connectivity index (χ1) is 7.16. The topological polar surface area (TPSA) is 12.0 Å². The zero-order valence-corrected chi connectivity index (χ0v) is 11.8. The van der Waals surface area contributed by atoms with Crippen molar-refractivity contribution in [2.45, 2.75) is 59.4 Å². The molecule has 0 bridgehead atoms. The van der Waals surface area contributed by atoms with Crippen molar-refractivity contribution in [3.63, 3.8) is 0 Å². The molecule has 0 aliphatic carbocycles. The molecule has 0 aliphatic heterocycles. The molecular weight excluding hydrogens is 202 g/mol. The highest BCUT2D eigenvalue weighted by Crippen LogP contribution is 2.11. The Morgan fingerprint density at radius 1 is 1.13 bits per heavy atom. The summed E-state index contributed by atoms with van der Waals surface area (Å²) in [6.07, 6.45) is 5.34. The van der Waals surface area contributed by atoms with Crippen LogP contribution in [0.2, 0.25) is 0 Å². The first-order valence-corrected chi connectivity index (χ1v) is 7.63. The lowest BCUT2D eigenvalue weighted by atomic mass is 10.1. The highest BCUT2D eigenvalue weighted by Gasteiger charge is 2.00. The third-order valence-electron chi connectivity index (χ3n) is 2.37. The Kier molecular flexibility index (Phi) is 11.0. The largest absolute Gasteiger partial charge is 0.314 e. The van der Waals surface area contributed by atoms with Crippen LogP contribution in [0, 0.1) is 5.92 Å². The predicted octanol–water partition coefficient (Wildman–Crippen LogP) is 3.93. The second-order valence-electron chi connectivity index (χ2n) is 4.82. The van der Waals surface area contributed by atoms with Gasteiger partial charge in [-0.25, -0.2) is 0 Å². The standard InChI is InChI=1S/C13H29NS/c1-5-9-14-13(4)8-6-7-10-15-11-12(2)3/h12-14H,5-11H2,1-4H3. The molecule has 2 heteroatoms. The molecular formula is C13H29NS. The van der Waals surface area contributed by atoms with E-state index in [1.165, 1.54) is 43.7 Å². The molecule has 92 valence electrons. The number of hydrogen-bond donors (Lipinski definition) is 1. The summed E-state index contributed by atoms with van der Waals surface area (Å²) in [6, 6.07) is 0.708. The molecule has 0 heterocycles. The summed E-state index contributed by atoms with van der Waals surface area (Å²) < 4.78 is 0. The molecule has 0 aromatic heterocycles. The molecule has 15 heavy (non-hydrogen) atoms. The second kappa shape index (κ2) is 10.8. The van der Waals surface area contributed by atoms with Gasteiger partial charge in [0.2, 0.25) is 0 Å². The minimum atomic E-state index is 0.708. The Hall–Kier alpha value is 0.310. The number of unbranched alkanes of at least 4 members (excludes halogenated alkanes) is 1. The van der Waals surface area contributed by atoms with E-state index in [4.69, 9.17) is 0 Å². The highest BCUT2D eigenvalue weighted by molar-refractivity contribution is 7.99. The molecule has 0 saturated carbocycles. The van der Waals surface area contributed by atoms with Gasteiger partial charge in [0.05, 0.1) is 0 Å². The maximum absolute atomic E-state index is 3.53. The van der Waals surface area contributed by atoms with Crippen molar-refractivity contribution >= 4 is 11.8 Å². The molecule has 1 N–H and O–H groups in total. The van der Waals surface area contributed by atoms with E-state index in [0.29, 0.717) is 6.04 Å². The van der Waals surface area contributed by atoms with Crippen LogP contribution in [0.5, 0.6) is 0 Å². The van der Waals surface area contributed by atoms with E-state index in [1.807, 2.05) is 0 Å². The Balaban J connectivity index is 3.09. The first kappa shape index (κ1) is 15.3. The van der Waals surface area contributed by atoms with Crippen LogP contribution in [0.15, 0.2) is 0 Å². The normalized spacial score (nSPS) is 13.4. The first-order valence-electron chi connectivity index (χ1n) is 6.48. The van der Waals surface area contributed by atoms with Gasteiger partial charge in [-0.05, 0) is 50.2 Å². The van der Waals surface area contributed by atoms with Gasteiger partial charge in [0, 0.05) is 6.04 Å². The van der Waals surface area contributed by atoms with Crippen molar-refractivity contribution in [2.75, 3.05) is 18.1 Å². The van der Waals surface area contributed by atoms with Crippen LogP contribution in [0.1, 0.15) is 53.4 Å². The van der Waals surface area contributed by atoms with Gasteiger partial charge in [-0.3, -0.25) is 0 Å². The zero-order chi connectivity index (χ0) is 11.5. The molecule has 0 rings (SSSR count). The van der Waals surface area contributed by atoms with Gasteiger partial charge >= 0.3 is 0 Å². The summed E-state index contributed by atoms with van der Waals surface area (Å²) in [5.41, 5.74) is 0. The van der Waals surface area contributed by atoms with E-state index in [1.54, 1.807) is 0 Å². The highest BCUT2D eigenvalue weighted by atomic mass is 32.2. The van der Waals surface area contributed by atoms with Crippen molar-refractivity contribution in [1.29, 1.82) is 0 Å². The van der Waals surface area contributed by atoms with E-state index >= 15 is 0 Å². The summed E-state index contributed by atoms with van der Waals surface area (Å²) in [5.74, 6) is 3.52. The SMILES string of the molecule is CCCNC(C)CCCCSCC(C)C. The van der Waals surface area contributed by atoms with Crippen molar-refractivity contribution < 1.29 is 0 Å². The lowest BCUT2D eigenvalue weighted by Crippen LogP contribution is -2.26. The number of rotatable bonds is 10. The molecule has 0 aliphatic rings. The third-order valence-corrected chi connectivity index (χ3v) is 3.85. The fourth-order valence-corrected chi connectivity index (χ4v) is 2.51. The van der Waals surface area contributed by atoms with E-state index in [9.17, 15) is 0 Å². The van der Waals surface area contributed by atoms with E-state index in [0.717, 1.165) is 5.92 Å².